The zero-order valence-electron chi connectivity index (χ0n) is 36.6. The number of carboxylic acids is 1. The van der Waals surface area contributed by atoms with Gasteiger partial charge in [0, 0.05) is 42.5 Å². The number of β-amino-alcohol motifs (C(OH)–C–C–N with tert-alkyl or cyclic N) is 1. The number of aliphatic hydroxyl groups is 1. The predicted octanol–water partition coefficient (Wildman–Crippen LogP) is -3.13. The van der Waals surface area contributed by atoms with Crippen molar-refractivity contribution < 1.29 is 62.9 Å². The largest absolute Gasteiger partial charge is 0.480 e. The number of aromatic amines is 1. The number of aliphatic hydroxyl groups excluding tert-OH is 1. The molecule has 2 aromatic rings. The summed E-state index contributed by atoms with van der Waals surface area (Å²) >= 11 is 1.04. The first kappa shape index (κ1) is 51.4. The molecule has 24 heteroatoms. The van der Waals surface area contributed by atoms with Gasteiger partial charge >= 0.3 is 11.9 Å². The lowest BCUT2D eigenvalue weighted by Gasteiger charge is -2.31. The van der Waals surface area contributed by atoms with Crippen molar-refractivity contribution in [2.45, 2.75) is 114 Å². The van der Waals surface area contributed by atoms with Gasteiger partial charge in [0.15, 0.2) is 0 Å². The van der Waals surface area contributed by atoms with Crippen LogP contribution in [-0.4, -0.2) is 153 Å². The highest BCUT2D eigenvalue weighted by Gasteiger charge is 2.44. The monoisotopic (exact) mass is 930 g/mol. The summed E-state index contributed by atoms with van der Waals surface area (Å²) in [7, 11) is 0. The average molecular weight is 931 g/mol. The van der Waals surface area contributed by atoms with Gasteiger partial charge in [-0.25, -0.2) is 4.79 Å². The van der Waals surface area contributed by atoms with Gasteiger partial charge in [0.25, 0.3) is 0 Å². The summed E-state index contributed by atoms with van der Waals surface area (Å²) in [5.41, 5.74) is 13.1. The van der Waals surface area contributed by atoms with Crippen molar-refractivity contribution in [2.75, 3.05) is 25.4 Å². The van der Waals surface area contributed by atoms with Crippen LogP contribution in [0.3, 0.4) is 0 Å². The number of aliphatic carboxylic acids is 1. The number of fused-ring (bicyclic) bond motifs is 3. The van der Waals surface area contributed by atoms with Crippen molar-refractivity contribution in [3.8, 4) is 0 Å². The number of nitrogens with two attached hydrogens (primary N) is 2. The van der Waals surface area contributed by atoms with Gasteiger partial charge in [-0.05, 0) is 30.9 Å². The van der Waals surface area contributed by atoms with E-state index in [0.717, 1.165) is 23.6 Å². The van der Waals surface area contributed by atoms with Gasteiger partial charge < -0.3 is 68.2 Å². The first-order chi connectivity index (χ1) is 30.6. The SMILES string of the molecule is CC[C@H](C)[C@@H]1NC(=O)CNC(=O)[C@H](N)Cc2c([nH]c3ccccc23)SCC(C(=O)NC(CC(N)=O)C(=O)N2C[C@H](O)C[C@H]2C(=O)N[C@H](C(=O)O)[C@@H](C)[C@H](C)OC(C)=O)NC(=O)CNC1=O. The third-order valence-electron chi connectivity index (χ3n) is 11.3. The van der Waals surface area contributed by atoms with Crippen LogP contribution in [0, 0.1) is 11.8 Å². The van der Waals surface area contributed by atoms with Crippen molar-refractivity contribution in [3.05, 3.63) is 29.8 Å². The molecule has 0 aliphatic carbocycles. The topological polar surface area (TPSA) is 364 Å². The second-order valence-corrected chi connectivity index (χ2v) is 17.2. The summed E-state index contributed by atoms with van der Waals surface area (Å²) in [4.78, 5) is 135. The van der Waals surface area contributed by atoms with E-state index in [2.05, 4.69) is 36.9 Å². The molecule has 2 aliphatic rings. The molecule has 0 radical (unpaired) electrons. The van der Waals surface area contributed by atoms with E-state index in [1.807, 2.05) is 0 Å². The lowest BCUT2D eigenvalue weighted by Crippen LogP contribution is -2.59. The van der Waals surface area contributed by atoms with Crippen LogP contribution in [0.15, 0.2) is 29.3 Å². The number of nitrogens with zero attached hydrogens (tertiary/aromatic N) is 1. The number of ether oxygens (including phenoxy) is 1. The number of benzene rings is 1. The van der Waals surface area contributed by atoms with E-state index < -0.39 is 146 Å². The van der Waals surface area contributed by atoms with E-state index in [-0.39, 0.29) is 18.6 Å². The van der Waals surface area contributed by atoms with Crippen LogP contribution in [0.1, 0.15) is 59.4 Å². The first-order valence-electron chi connectivity index (χ1n) is 21.0. The summed E-state index contributed by atoms with van der Waals surface area (Å²) in [6, 6.07) is -1.57. The second-order valence-electron chi connectivity index (χ2n) is 16.2. The molecule has 13 N–H and O–H groups in total. The fourth-order valence-electron chi connectivity index (χ4n) is 7.40. The Morgan fingerprint density at radius 3 is 2.23 bits per heavy atom. The van der Waals surface area contributed by atoms with Gasteiger partial charge in [0.1, 0.15) is 36.3 Å². The molecule has 3 heterocycles. The van der Waals surface area contributed by atoms with Crippen molar-refractivity contribution >= 4 is 81.9 Å². The Balaban J connectivity index is 1.65. The average Bonchev–Trinajstić information content (AvgIpc) is 3.81. The second kappa shape index (κ2) is 23.1. The van der Waals surface area contributed by atoms with Crippen LogP contribution in [0.25, 0.3) is 10.9 Å². The molecule has 2 unspecified atom stereocenters. The number of esters is 1. The zero-order valence-corrected chi connectivity index (χ0v) is 37.5. The molecule has 356 valence electrons. The highest BCUT2D eigenvalue weighted by Crippen LogP contribution is 2.31. The summed E-state index contributed by atoms with van der Waals surface area (Å²) in [5, 5.41) is 36.6. The molecule has 10 atom stereocenters. The van der Waals surface area contributed by atoms with E-state index in [1.54, 1.807) is 38.1 Å². The molecule has 0 bridgehead atoms. The Hall–Kier alpha value is -6.27. The standard InChI is InChI=1S/C41H58N10O13S/c1-6-18(2)33-38(60)45-14-31(55)46-28(17-65-39-24(23-9-7-8-10-26(23)48-39)12-25(42)35(57)44-15-32(56)49-33)36(58)47-27(13-30(43)54)40(61)51-16-22(53)11-29(51)37(59)50-34(41(62)63)19(3)20(4)64-21(5)52/h7-10,18-20,22,25,27-29,33-34,48,53H,6,11-17,42H2,1-5H3,(H2,43,54)(H,44,57)(H,45,60)(H,46,55)(H,47,58)(H,49,56)(H,50,59)(H,62,63)/t18-,19-,20-,22+,25+,27?,28?,29-,33-,34-/m0/s1. The quantitative estimate of drug-likeness (QED) is 0.0885. The molecule has 4 rings (SSSR count). The lowest BCUT2D eigenvalue weighted by molar-refractivity contribution is -0.153. The molecule has 0 spiro atoms. The van der Waals surface area contributed by atoms with E-state index >= 15 is 0 Å². The highest BCUT2D eigenvalue weighted by atomic mass is 32.2. The van der Waals surface area contributed by atoms with Crippen LogP contribution in [0.4, 0.5) is 0 Å². The number of primary amides is 1. The fourth-order valence-corrected chi connectivity index (χ4v) is 8.52. The molecule has 1 aromatic carbocycles. The number of carbonyl (C=O) groups is 10. The van der Waals surface area contributed by atoms with Crippen molar-refractivity contribution in [1.82, 2.24) is 41.8 Å². The number of aromatic nitrogens is 1. The molecular weight excluding hydrogens is 873 g/mol. The van der Waals surface area contributed by atoms with Gasteiger partial charge in [0.2, 0.25) is 47.3 Å². The summed E-state index contributed by atoms with van der Waals surface area (Å²) < 4.78 is 5.10. The smallest absolute Gasteiger partial charge is 0.326 e. The van der Waals surface area contributed by atoms with Crippen LogP contribution in [-0.2, 0) is 59.1 Å². The Morgan fingerprint density at radius 1 is 0.954 bits per heavy atom. The Kier molecular flexibility index (Phi) is 18.2. The van der Waals surface area contributed by atoms with E-state index in [0.29, 0.717) is 27.9 Å². The number of likely N-dealkylation sites (tertiary alicyclic amines) is 1. The molecule has 1 aromatic heterocycles. The van der Waals surface area contributed by atoms with Crippen molar-refractivity contribution in [2.24, 2.45) is 23.3 Å². The predicted molar refractivity (Wildman–Crippen MR) is 232 cm³/mol. The molecule has 2 aliphatic heterocycles. The number of nitrogens with one attached hydrogen (secondary N) is 7. The Labute approximate surface area is 378 Å². The van der Waals surface area contributed by atoms with Crippen LogP contribution in [0.2, 0.25) is 0 Å². The normalized spacial score (nSPS) is 23.6. The molecule has 1 saturated heterocycles. The van der Waals surface area contributed by atoms with E-state index in [4.69, 9.17) is 16.2 Å². The van der Waals surface area contributed by atoms with E-state index in [9.17, 15) is 58.2 Å². The number of thioether (sulfide) groups is 1. The molecular formula is C41H58N10O13S. The fraction of sp³-hybridized carbons (Fsp3) is 0.561. The maximum Gasteiger partial charge on any atom is 0.326 e. The zero-order chi connectivity index (χ0) is 48.3. The van der Waals surface area contributed by atoms with Gasteiger partial charge in [0.05, 0.1) is 36.7 Å². The minimum atomic E-state index is -1.77. The van der Waals surface area contributed by atoms with E-state index in [1.165, 1.54) is 13.8 Å². The van der Waals surface area contributed by atoms with Crippen LogP contribution >= 0.6 is 11.8 Å². The number of carbonyl (C=O) groups excluding carboxylic acids is 9. The maximum absolute atomic E-state index is 14.2. The summed E-state index contributed by atoms with van der Waals surface area (Å²) in [6.07, 6.45) is -2.99. The van der Waals surface area contributed by atoms with Gasteiger partial charge in [-0.1, -0.05) is 45.4 Å². The lowest BCUT2D eigenvalue weighted by atomic mass is 9.96. The van der Waals surface area contributed by atoms with Crippen molar-refractivity contribution in [3.63, 3.8) is 0 Å². The number of hydrogen-bond donors (Lipinski definition) is 11. The third-order valence-corrected chi connectivity index (χ3v) is 12.4. The minimum Gasteiger partial charge on any atom is -0.480 e. The number of carboxylic acid groups (broad SMARTS) is 1. The van der Waals surface area contributed by atoms with Crippen LogP contribution < -0.4 is 43.4 Å². The van der Waals surface area contributed by atoms with Crippen LogP contribution in [0.5, 0.6) is 0 Å². The van der Waals surface area contributed by atoms with Gasteiger partial charge in [-0.3, -0.25) is 43.2 Å². The first-order valence-corrected chi connectivity index (χ1v) is 22.0. The number of amides is 8. The third kappa shape index (κ3) is 13.9. The minimum absolute atomic E-state index is 0.0378. The van der Waals surface area contributed by atoms with Gasteiger partial charge in [-0.15, -0.1) is 11.8 Å². The summed E-state index contributed by atoms with van der Waals surface area (Å²) in [6.45, 7) is 5.87. The van der Waals surface area contributed by atoms with Gasteiger partial charge in [-0.2, -0.15) is 0 Å². The Morgan fingerprint density at radius 2 is 1.60 bits per heavy atom. The molecule has 0 saturated carbocycles. The molecule has 23 nitrogen and oxygen atoms in total. The number of para-hydroxylation sites is 1. The molecule has 1 fully saturated rings. The molecule has 8 amide bonds. The number of hydrogen-bond acceptors (Lipinski definition) is 14. The highest BCUT2D eigenvalue weighted by molar-refractivity contribution is 7.99. The maximum atomic E-state index is 14.2. The van der Waals surface area contributed by atoms with Crippen molar-refractivity contribution in [1.29, 1.82) is 0 Å². The Bertz CT molecular complexity index is 2150. The number of rotatable bonds is 13. The summed E-state index contributed by atoms with van der Waals surface area (Å²) in [5.74, 6) is -10.8. The number of H-pyrrole nitrogens is 1. The molecule has 65 heavy (non-hydrogen) atoms.